The molecule has 0 aliphatic carbocycles. The predicted molar refractivity (Wildman–Crippen MR) is 36.1 cm³/mol. The molecule has 48 valence electrons. The van der Waals surface area contributed by atoms with E-state index in [1.807, 2.05) is 11.8 Å². The Morgan fingerprint density at radius 3 is 3.00 bits per heavy atom. The van der Waals surface area contributed by atoms with Gasteiger partial charge >= 0.3 is 0 Å². The Morgan fingerprint density at radius 2 is 2.62 bits per heavy atom. The molecule has 3 heteroatoms. The van der Waals surface area contributed by atoms with E-state index < -0.39 is 0 Å². The quantitative estimate of drug-likeness (QED) is 0.550. The highest BCUT2D eigenvalue weighted by molar-refractivity contribution is 7.99. The van der Waals surface area contributed by atoms with Crippen LogP contribution in [0, 0.1) is 0 Å². The molecule has 1 aliphatic heterocycles. The van der Waals surface area contributed by atoms with E-state index in [-0.39, 0.29) is 0 Å². The molecular formula is C5H11NOS. The van der Waals surface area contributed by atoms with E-state index in [0.717, 1.165) is 18.1 Å². The van der Waals surface area contributed by atoms with E-state index in [4.69, 9.17) is 10.5 Å². The molecule has 1 unspecified atom stereocenters. The van der Waals surface area contributed by atoms with Crippen molar-refractivity contribution >= 4 is 11.8 Å². The molecule has 0 aromatic rings. The monoisotopic (exact) mass is 133 g/mol. The third kappa shape index (κ3) is 1.65. The lowest BCUT2D eigenvalue weighted by Gasteiger charge is -2.19. The van der Waals surface area contributed by atoms with Crippen LogP contribution < -0.4 is 5.73 Å². The molecule has 8 heavy (non-hydrogen) atoms. The lowest BCUT2D eigenvalue weighted by atomic mass is 10.4. The third-order valence-corrected chi connectivity index (χ3v) is 2.21. The van der Waals surface area contributed by atoms with Gasteiger partial charge in [-0.05, 0) is 0 Å². The summed E-state index contributed by atoms with van der Waals surface area (Å²) in [5.41, 5.74) is 5.36. The molecule has 2 N–H and O–H groups in total. The van der Waals surface area contributed by atoms with Crippen LogP contribution >= 0.6 is 11.8 Å². The first-order chi connectivity index (χ1) is 3.93. The van der Waals surface area contributed by atoms with E-state index in [1.165, 1.54) is 0 Å². The lowest BCUT2D eigenvalue weighted by Crippen LogP contribution is -2.30. The Bertz CT molecular complexity index is 63.4. The van der Waals surface area contributed by atoms with Crippen LogP contribution in [0.3, 0.4) is 0 Å². The maximum Gasteiger partial charge on any atom is 0.0787 e. The predicted octanol–water partition coefficient (Wildman–Crippen LogP) is 0.0771. The van der Waals surface area contributed by atoms with Crippen LogP contribution in [-0.2, 0) is 4.74 Å². The summed E-state index contributed by atoms with van der Waals surface area (Å²) in [5.74, 6) is 2.22. The minimum Gasteiger partial charge on any atom is -0.375 e. The summed E-state index contributed by atoms with van der Waals surface area (Å²) in [6, 6.07) is 0. The highest BCUT2D eigenvalue weighted by Crippen LogP contribution is 2.10. The molecule has 2 nitrogen and oxygen atoms in total. The number of thioether (sulfide) groups is 1. The fourth-order valence-electron chi connectivity index (χ4n) is 0.673. The van der Waals surface area contributed by atoms with Gasteiger partial charge in [0, 0.05) is 18.1 Å². The van der Waals surface area contributed by atoms with Gasteiger partial charge in [-0.2, -0.15) is 11.8 Å². The molecule has 1 atom stereocenters. The maximum absolute atomic E-state index is 5.36. The second-order valence-corrected chi connectivity index (χ2v) is 2.95. The molecule has 1 fully saturated rings. The molecule has 1 aliphatic rings. The van der Waals surface area contributed by atoms with Crippen LogP contribution in [0.5, 0.6) is 0 Å². The second kappa shape index (κ2) is 3.33. The number of nitrogens with two attached hydrogens (primary N) is 1. The largest absolute Gasteiger partial charge is 0.375 e. The first kappa shape index (κ1) is 6.39. The summed E-state index contributed by atoms with van der Waals surface area (Å²) in [4.78, 5) is 0. The van der Waals surface area contributed by atoms with Gasteiger partial charge in [0.25, 0.3) is 0 Å². The first-order valence-electron chi connectivity index (χ1n) is 2.83. The van der Waals surface area contributed by atoms with Crippen molar-refractivity contribution in [2.45, 2.75) is 6.10 Å². The molecule has 0 aromatic heterocycles. The third-order valence-electron chi connectivity index (χ3n) is 1.15. The normalized spacial score (nSPS) is 30.4. The van der Waals surface area contributed by atoms with Gasteiger partial charge in [-0.25, -0.2) is 0 Å². The Balaban J connectivity index is 2.13. The Labute approximate surface area is 53.8 Å². The van der Waals surface area contributed by atoms with Crippen LogP contribution in [0.1, 0.15) is 0 Å². The van der Waals surface area contributed by atoms with Gasteiger partial charge in [0.05, 0.1) is 12.7 Å². The van der Waals surface area contributed by atoms with Crippen molar-refractivity contribution in [2.24, 2.45) is 5.73 Å². The number of hydrogen-bond acceptors (Lipinski definition) is 3. The number of rotatable bonds is 1. The van der Waals surface area contributed by atoms with Gasteiger partial charge in [0.1, 0.15) is 0 Å². The van der Waals surface area contributed by atoms with E-state index in [9.17, 15) is 0 Å². The van der Waals surface area contributed by atoms with Crippen molar-refractivity contribution in [3.63, 3.8) is 0 Å². The molecule has 0 bridgehead atoms. The summed E-state index contributed by atoms with van der Waals surface area (Å²) < 4.78 is 5.28. The van der Waals surface area contributed by atoms with Crippen molar-refractivity contribution in [1.82, 2.24) is 0 Å². The fourth-order valence-corrected chi connectivity index (χ4v) is 1.55. The zero-order valence-electron chi connectivity index (χ0n) is 4.80. The summed E-state index contributed by atoms with van der Waals surface area (Å²) in [6.45, 7) is 1.56. The van der Waals surface area contributed by atoms with Crippen molar-refractivity contribution in [3.05, 3.63) is 0 Å². The van der Waals surface area contributed by atoms with Gasteiger partial charge in [0.2, 0.25) is 0 Å². The molecule has 0 aromatic carbocycles. The zero-order valence-corrected chi connectivity index (χ0v) is 5.62. The molecule has 1 heterocycles. The molecular weight excluding hydrogens is 122 g/mol. The van der Waals surface area contributed by atoms with Crippen LogP contribution in [-0.4, -0.2) is 30.8 Å². The van der Waals surface area contributed by atoms with Gasteiger partial charge in [-0.15, -0.1) is 0 Å². The summed E-state index contributed by atoms with van der Waals surface area (Å²) in [6.07, 6.45) is 0.328. The highest BCUT2D eigenvalue weighted by atomic mass is 32.2. The minimum absolute atomic E-state index is 0.328. The van der Waals surface area contributed by atoms with Gasteiger partial charge in [-0.3, -0.25) is 0 Å². The van der Waals surface area contributed by atoms with E-state index in [2.05, 4.69) is 0 Å². The van der Waals surface area contributed by atoms with Crippen LogP contribution in [0.4, 0.5) is 0 Å². The minimum atomic E-state index is 0.328. The van der Waals surface area contributed by atoms with E-state index in [0.29, 0.717) is 12.6 Å². The van der Waals surface area contributed by atoms with Crippen LogP contribution in [0.15, 0.2) is 0 Å². The van der Waals surface area contributed by atoms with Crippen molar-refractivity contribution in [2.75, 3.05) is 24.7 Å². The van der Waals surface area contributed by atoms with Crippen LogP contribution in [0.2, 0.25) is 0 Å². The molecule has 0 amide bonds. The topological polar surface area (TPSA) is 35.2 Å². The zero-order chi connectivity index (χ0) is 5.82. The van der Waals surface area contributed by atoms with Gasteiger partial charge in [-0.1, -0.05) is 0 Å². The standard InChI is InChI=1S/C5H11NOS/c6-3-5-4-8-2-1-7-5/h5H,1-4,6H2. The Kier molecular flexibility index (Phi) is 2.66. The van der Waals surface area contributed by atoms with E-state index in [1.54, 1.807) is 0 Å². The SMILES string of the molecule is NCC1CSCCO1. The Morgan fingerprint density at radius 1 is 1.75 bits per heavy atom. The van der Waals surface area contributed by atoms with Crippen molar-refractivity contribution in [3.8, 4) is 0 Å². The lowest BCUT2D eigenvalue weighted by molar-refractivity contribution is 0.0819. The number of hydrogen-bond donors (Lipinski definition) is 1. The van der Waals surface area contributed by atoms with Gasteiger partial charge in [0.15, 0.2) is 0 Å². The molecule has 0 saturated carbocycles. The highest BCUT2D eigenvalue weighted by Gasteiger charge is 2.10. The average molecular weight is 133 g/mol. The fraction of sp³-hybridized carbons (Fsp3) is 1.00. The molecule has 1 rings (SSSR count). The van der Waals surface area contributed by atoms with Gasteiger partial charge < -0.3 is 10.5 Å². The molecule has 0 radical (unpaired) electrons. The maximum atomic E-state index is 5.36. The second-order valence-electron chi connectivity index (χ2n) is 1.80. The average Bonchev–Trinajstić information content (AvgIpc) is 1.90. The smallest absolute Gasteiger partial charge is 0.0787 e. The summed E-state index contributed by atoms with van der Waals surface area (Å²) >= 11 is 1.92. The van der Waals surface area contributed by atoms with Crippen LogP contribution in [0.25, 0.3) is 0 Å². The van der Waals surface area contributed by atoms with Crippen molar-refractivity contribution < 1.29 is 4.74 Å². The van der Waals surface area contributed by atoms with Crippen molar-refractivity contribution in [1.29, 1.82) is 0 Å². The Hall–Kier alpha value is 0.270. The molecule has 0 spiro atoms. The summed E-state index contributed by atoms with van der Waals surface area (Å²) in [7, 11) is 0. The number of ether oxygens (including phenoxy) is 1. The molecule has 1 saturated heterocycles. The van der Waals surface area contributed by atoms with E-state index >= 15 is 0 Å². The first-order valence-corrected chi connectivity index (χ1v) is 3.98. The summed E-state index contributed by atoms with van der Waals surface area (Å²) in [5, 5.41) is 0.